The number of tetrazole rings is 1. The molecule has 25 heavy (non-hydrogen) atoms. The Morgan fingerprint density at radius 3 is 2.84 bits per heavy atom. The summed E-state index contributed by atoms with van der Waals surface area (Å²) in [5.41, 5.74) is 4.09. The highest BCUT2D eigenvalue weighted by atomic mass is 16.2. The van der Waals surface area contributed by atoms with Crippen LogP contribution in [0.25, 0.3) is 5.69 Å². The molecule has 0 N–H and O–H groups in total. The monoisotopic (exact) mass is 333 g/mol. The SMILES string of the molecule is Cc1ccccc1C1CCN(C(=O)c2cccc(-n3cnnn3)c2)C1. The maximum absolute atomic E-state index is 12.9. The lowest BCUT2D eigenvalue weighted by molar-refractivity contribution is 0.0790. The third kappa shape index (κ3) is 3.03. The molecule has 1 aromatic heterocycles. The maximum atomic E-state index is 12.9. The van der Waals surface area contributed by atoms with Gasteiger partial charge in [0.2, 0.25) is 0 Å². The first-order chi connectivity index (χ1) is 12.2. The van der Waals surface area contributed by atoms with E-state index in [0.29, 0.717) is 11.5 Å². The molecule has 6 nitrogen and oxygen atoms in total. The molecule has 6 heteroatoms. The van der Waals surface area contributed by atoms with E-state index in [4.69, 9.17) is 0 Å². The third-order valence-electron chi connectivity index (χ3n) is 4.81. The van der Waals surface area contributed by atoms with E-state index in [2.05, 4.69) is 46.7 Å². The molecule has 2 heterocycles. The van der Waals surface area contributed by atoms with Gasteiger partial charge in [0.15, 0.2) is 0 Å². The molecule has 1 fully saturated rings. The fourth-order valence-corrected chi connectivity index (χ4v) is 3.49. The number of aromatic nitrogens is 4. The zero-order chi connectivity index (χ0) is 17.2. The van der Waals surface area contributed by atoms with Gasteiger partial charge in [0.1, 0.15) is 6.33 Å². The molecule has 3 aromatic rings. The van der Waals surface area contributed by atoms with Crippen LogP contribution in [0, 0.1) is 6.92 Å². The van der Waals surface area contributed by atoms with Gasteiger partial charge >= 0.3 is 0 Å². The fraction of sp³-hybridized carbons (Fsp3) is 0.263. The number of aryl methyl sites for hydroxylation is 1. The van der Waals surface area contributed by atoms with Gasteiger partial charge in [-0.05, 0) is 53.1 Å². The summed E-state index contributed by atoms with van der Waals surface area (Å²) < 4.78 is 1.55. The Labute approximate surface area is 146 Å². The van der Waals surface area contributed by atoms with Gasteiger partial charge in [-0.25, -0.2) is 4.68 Å². The van der Waals surface area contributed by atoms with Gasteiger partial charge < -0.3 is 4.90 Å². The van der Waals surface area contributed by atoms with E-state index in [0.717, 1.165) is 25.2 Å². The van der Waals surface area contributed by atoms with Gasteiger partial charge in [-0.2, -0.15) is 0 Å². The predicted octanol–water partition coefficient (Wildman–Crippen LogP) is 2.60. The molecule has 1 saturated heterocycles. The number of benzene rings is 2. The molecular formula is C19H19N5O. The van der Waals surface area contributed by atoms with Crippen molar-refractivity contribution in [3.8, 4) is 5.69 Å². The topological polar surface area (TPSA) is 63.9 Å². The number of hydrogen-bond acceptors (Lipinski definition) is 4. The Hall–Kier alpha value is -3.02. The van der Waals surface area contributed by atoms with E-state index in [-0.39, 0.29) is 5.91 Å². The zero-order valence-corrected chi connectivity index (χ0v) is 14.0. The number of amides is 1. The quantitative estimate of drug-likeness (QED) is 0.739. The standard InChI is InChI=1S/C19H19N5O/c1-14-5-2-3-8-18(14)16-9-10-23(12-16)19(25)15-6-4-7-17(11-15)24-13-20-21-22-24/h2-8,11,13,16H,9-10,12H2,1H3. The number of carbonyl (C=O) groups is 1. The van der Waals surface area contributed by atoms with E-state index in [1.54, 1.807) is 4.68 Å². The van der Waals surface area contributed by atoms with Crippen LogP contribution in [-0.2, 0) is 0 Å². The highest BCUT2D eigenvalue weighted by molar-refractivity contribution is 5.95. The summed E-state index contributed by atoms with van der Waals surface area (Å²) in [5.74, 6) is 0.471. The van der Waals surface area contributed by atoms with Crippen LogP contribution in [0.2, 0.25) is 0 Å². The van der Waals surface area contributed by atoms with Gasteiger partial charge in [0.05, 0.1) is 5.69 Å². The number of rotatable bonds is 3. The van der Waals surface area contributed by atoms with Crippen molar-refractivity contribution in [3.63, 3.8) is 0 Å². The van der Waals surface area contributed by atoms with Gasteiger partial charge in [0, 0.05) is 24.6 Å². The van der Waals surface area contributed by atoms with Crippen LogP contribution in [0.15, 0.2) is 54.9 Å². The van der Waals surface area contributed by atoms with Crippen LogP contribution in [-0.4, -0.2) is 44.1 Å². The van der Waals surface area contributed by atoms with Crippen molar-refractivity contribution in [1.29, 1.82) is 0 Å². The second-order valence-corrected chi connectivity index (χ2v) is 6.40. The maximum Gasteiger partial charge on any atom is 0.253 e. The molecule has 0 aliphatic carbocycles. The van der Waals surface area contributed by atoms with Gasteiger partial charge in [-0.15, -0.1) is 5.10 Å². The summed E-state index contributed by atoms with van der Waals surface area (Å²) in [7, 11) is 0. The second kappa shape index (κ2) is 6.47. The lowest BCUT2D eigenvalue weighted by Gasteiger charge is -2.18. The summed E-state index contributed by atoms with van der Waals surface area (Å²) in [6, 6.07) is 15.9. The largest absolute Gasteiger partial charge is 0.338 e. The predicted molar refractivity (Wildman–Crippen MR) is 93.6 cm³/mol. The molecule has 1 amide bonds. The third-order valence-corrected chi connectivity index (χ3v) is 4.81. The lowest BCUT2D eigenvalue weighted by atomic mass is 9.94. The van der Waals surface area contributed by atoms with Crippen molar-refractivity contribution < 1.29 is 4.79 Å². The Kier molecular flexibility index (Phi) is 4.01. The minimum absolute atomic E-state index is 0.0611. The minimum Gasteiger partial charge on any atom is -0.338 e. The first-order valence-corrected chi connectivity index (χ1v) is 8.40. The Balaban J connectivity index is 1.53. The van der Waals surface area contributed by atoms with Crippen LogP contribution in [0.1, 0.15) is 33.8 Å². The van der Waals surface area contributed by atoms with E-state index >= 15 is 0 Å². The Bertz CT molecular complexity index is 890. The van der Waals surface area contributed by atoms with Gasteiger partial charge in [0.25, 0.3) is 5.91 Å². The lowest BCUT2D eigenvalue weighted by Crippen LogP contribution is -2.28. The molecule has 126 valence electrons. The van der Waals surface area contributed by atoms with Crippen LogP contribution < -0.4 is 0 Å². The smallest absolute Gasteiger partial charge is 0.253 e. The molecular weight excluding hydrogens is 314 g/mol. The molecule has 0 saturated carbocycles. The average molecular weight is 333 g/mol. The summed E-state index contributed by atoms with van der Waals surface area (Å²) in [6.07, 6.45) is 2.52. The van der Waals surface area contributed by atoms with Crippen molar-refractivity contribution in [2.75, 3.05) is 13.1 Å². The number of hydrogen-bond donors (Lipinski definition) is 0. The molecule has 1 unspecified atom stereocenters. The fourth-order valence-electron chi connectivity index (χ4n) is 3.49. The van der Waals surface area contributed by atoms with Crippen LogP contribution in [0.3, 0.4) is 0 Å². The van der Waals surface area contributed by atoms with Crippen molar-refractivity contribution in [2.24, 2.45) is 0 Å². The molecule has 0 bridgehead atoms. The van der Waals surface area contributed by atoms with E-state index in [9.17, 15) is 4.79 Å². The van der Waals surface area contributed by atoms with Crippen LogP contribution >= 0.6 is 0 Å². The highest BCUT2D eigenvalue weighted by Crippen LogP contribution is 2.30. The van der Waals surface area contributed by atoms with Gasteiger partial charge in [-0.1, -0.05) is 30.3 Å². The average Bonchev–Trinajstić information content (AvgIpc) is 3.34. The Morgan fingerprint density at radius 2 is 2.04 bits per heavy atom. The summed E-state index contributed by atoms with van der Waals surface area (Å²) >= 11 is 0. The zero-order valence-electron chi connectivity index (χ0n) is 14.0. The first-order valence-electron chi connectivity index (χ1n) is 8.40. The normalized spacial score (nSPS) is 17.0. The summed E-state index contributed by atoms with van der Waals surface area (Å²) in [6.45, 7) is 3.68. The molecule has 2 aromatic carbocycles. The molecule has 1 atom stereocenters. The number of carbonyl (C=O) groups excluding carboxylic acids is 1. The number of nitrogens with zero attached hydrogens (tertiary/aromatic N) is 5. The van der Waals surface area contributed by atoms with Crippen LogP contribution in [0.4, 0.5) is 0 Å². The summed E-state index contributed by atoms with van der Waals surface area (Å²) in [5, 5.41) is 11.2. The van der Waals surface area contributed by atoms with Crippen molar-refractivity contribution in [2.45, 2.75) is 19.3 Å². The minimum atomic E-state index is 0.0611. The number of likely N-dealkylation sites (tertiary alicyclic amines) is 1. The molecule has 0 spiro atoms. The second-order valence-electron chi connectivity index (χ2n) is 6.40. The molecule has 1 aliphatic rings. The van der Waals surface area contributed by atoms with E-state index < -0.39 is 0 Å². The molecule has 4 rings (SSSR count). The molecule has 0 radical (unpaired) electrons. The van der Waals surface area contributed by atoms with E-state index in [1.807, 2.05) is 29.2 Å². The Morgan fingerprint density at radius 1 is 1.16 bits per heavy atom. The summed E-state index contributed by atoms with van der Waals surface area (Å²) in [4.78, 5) is 14.8. The van der Waals surface area contributed by atoms with Crippen molar-refractivity contribution in [1.82, 2.24) is 25.1 Å². The van der Waals surface area contributed by atoms with Crippen molar-refractivity contribution >= 4 is 5.91 Å². The molecule has 1 aliphatic heterocycles. The van der Waals surface area contributed by atoms with Gasteiger partial charge in [-0.3, -0.25) is 4.79 Å². The van der Waals surface area contributed by atoms with E-state index in [1.165, 1.54) is 17.5 Å². The van der Waals surface area contributed by atoms with Crippen LogP contribution in [0.5, 0.6) is 0 Å². The highest BCUT2D eigenvalue weighted by Gasteiger charge is 2.28. The first kappa shape index (κ1) is 15.5. The van der Waals surface area contributed by atoms with Crippen molar-refractivity contribution in [3.05, 3.63) is 71.5 Å².